The van der Waals surface area contributed by atoms with Crippen LogP contribution in [0.4, 0.5) is 0 Å². The second-order valence-corrected chi connectivity index (χ2v) is 6.03. The summed E-state index contributed by atoms with van der Waals surface area (Å²) >= 11 is 0. The maximum absolute atomic E-state index is 11.7. The average Bonchev–Trinajstić information content (AvgIpc) is 2.35. The van der Waals surface area contributed by atoms with Gasteiger partial charge in [-0.05, 0) is 33.3 Å². The lowest BCUT2D eigenvalue weighted by molar-refractivity contribution is -0.140. The van der Waals surface area contributed by atoms with E-state index in [0.29, 0.717) is 5.56 Å². The van der Waals surface area contributed by atoms with Gasteiger partial charge in [0.2, 0.25) is 0 Å². The molecular formula is C15H22N2O3. The summed E-state index contributed by atoms with van der Waals surface area (Å²) in [6.45, 7) is 6.92. The van der Waals surface area contributed by atoms with Crippen LogP contribution in [-0.2, 0) is 15.2 Å². The first-order valence-corrected chi connectivity index (χ1v) is 6.50. The van der Waals surface area contributed by atoms with Gasteiger partial charge in [0, 0.05) is 5.54 Å². The van der Waals surface area contributed by atoms with Crippen molar-refractivity contribution in [2.75, 3.05) is 6.54 Å². The van der Waals surface area contributed by atoms with Crippen molar-refractivity contribution in [2.24, 2.45) is 0 Å². The van der Waals surface area contributed by atoms with Crippen LogP contribution in [0.5, 0.6) is 0 Å². The van der Waals surface area contributed by atoms with E-state index in [4.69, 9.17) is 0 Å². The van der Waals surface area contributed by atoms with Crippen LogP contribution in [0, 0.1) is 0 Å². The SMILES string of the molecule is CC(C)(C)NC(=O)C(=O)NCC(C)(O)c1ccccc1. The molecule has 0 aromatic heterocycles. The molecule has 0 saturated carbocycles. The van der Waals surface area contributed by atoms with Gasteiger partial charge in [0.25, 0.3) is 0 Å². The van der Waals surface area contributed by atoms with E-state index in [0.717, 1.165) is 0 Å². The fourth-order valence-electron chi connectivity index (χ4n) is 1.63. The number of carbonyl (C=O) groups is 2. The fraction of sp³-hybridized carbons (Fsp3) is 0.467. The number of carbonyl (C=O) groups excluding carboxylic acids is 2. The number of aliphatic hydroxyl groups is 1. The van der Waals surface area contributed by atoms with Crippen LogP contribution >= 0.6 is 0 Å². The van der Waals surface area contributed by atoms with Crippen molar-refractivity contribution in [1.29, 1.82) is 0 Å². The van der Waals surface area contributed by atoms with E-state index in [1.54, 1.807) is 52.0 Å². The lowest BCUT2D eigenvalue weighted by Crippen LogP contribution is -2.50. The van der Waals surface area contributed by atoms with Crippen LogP contribution < -0.4 is 10.6 Å². The third-order valence-electron chi connectivity index (χ3n) is 2.68. The molecule has 1 rings (SSSR count). The molecule has 0 bridgehead atoms. The number of nitrogens with one attached hydrogen (secondary N) is 2. The zero-order valence-corrected chi connectivity index (χ0v) is 12.4. The second kappa shape index (κ2) is 6.05. The number of amides is 2. The van der Waals surface area contributed by atoms with Gasteiger partial charge in [0.05, 0.1) is 6.54 Å². The Labute approximate surface area is 119 Å². The Kier molecular flexibility index (Phi) is 4.89. The minimum atomic E-state index is -1.22. The smallest absolute Gasteiger partial charge is 0.309 e. The zero-order chi connectivity index (χ0) is 15.4. The van der Waals surface area contributed by atoms with Crippen LogP contribution in [-0.4, -0.2) is 29.0 Å². The highest BCUT2D eigenvalue weighted by Gasteiger charge is 2.26. The van der Waals surface area contributed by atoms with Crippen LogP contribution in [0.2, 0.25) is 0 Å². The summed E-state index contributed by atoms with van der Waals surface area (Å²) in [4.78, 5) is 23.3. The largest absolute Gasteiger partial charge is 0.384 e. The quantitative estimate of drug-likeness (QED) is 0.720. The lowest BCUT2D eigenvalue weighted by atomic mass is 9.96. The summed E-state index contributed by atoms with van der Waals surface area (Å²) < 4.78 is 0. The zero-order valence-electron chi connectivity index (χ0n) is 12.4. The Balaban J connectivity index is 2.59. The molecule has 0 saturated heterocycles. The monoisotopic (exact) mass is 278 g/mol. The van der Waals surface area contributed by atoms with Crippen LogP contribution in [0.3, 0.4) is 0 Å². The van der Waals surface area contributed by atoms with Gasteiger partial charge in [0.15, 0.2) is 0 Å². The molecule has 5 nitrogen and oxygen atoms in total. The summed E-state index contributed by atoms with van der Waals surface area (Å²) in [5, 5.41) is 15.3. The molecule has 1 atom stereocenters. The van der Waals surface area contributed by atoms with Gasteiger partial charge in [-0.3, -0.25) is 9.59 Å². The molecule has 3 N–H and O–H groups in total. The number of rotatable bonds is 3. The predicted octanol–water partition coefficient (Wildman–Crippen LogP) is 0.925. The van der Waals surface area contributed by atoms with Gasteiger partial charge >= 0.3 is 11.8 Å². The molecule has 0 aliphatic rings. The maximum atomic E-state index is 11.7. The highest BCUT2D eigenvalue weighted by Crippen LogP contribution is 2.18. The minimum Gasteiger partial charge on any atom is -0.384 e. The first-order valence-electron chi connectivity index (χ1n) is 6.50. The first kappa shape index (κ1) is 16.2. The molecule has 1 unspecified atom stereocenters. The van der Waals surface area contributed by atoms with Gasteiger partial charge in [-0.1, -0.05) is 30.3 Å². The summed E-state index contributed by atoms with van der Waals surface area (Å²) in [5.74, 6) is -1.46. The molecule has 0 aliphatic carbocycles. The van der Waals surface area contributed by atoms with Gasteiger partial charge in [-0.15, -0.1) is 0 Å². The third-order valence-corrected chi connectivity index (χ3v) is 2.68. The Morgan fingerprint density at radius 1 is 1.05 bits per heavy atom. The Hall–Kier alpha value is -1.88. The van der Waals surface area contributed by atoms with Crippen molar-refractivity contribution in [3.63, 3.8) is 0 Å². The van der Waals surface area contributed by atoms with Crippen LogP contribution in [0.15, 0.2) is 30.3 Å². The van der Waals surface area contributed by atoms with E-state index < -0.39 is 23.0 Å². The molecule has 1 aromatic rings. The van der Waals surface area contributed by atoms with E-state index >= 15 is 0 Å². The topological polar surface area (TPSA) is 78.4 Å². The molecule has 0 fully saturated rings. The van der Waals surface area contributed by atoms with Crippen molar-refractivity contribution in [1.82, 2.24) is 10.6 Å². The Bertz CT molecular complexity index is 476. The number of benzene rings is 1. The average molecular weight is 278 g/mol. The molecule has 0 spiro atoms. The number of hydrogen-bond donors (Lipinski definition) is 3. The van der Waals surface area contributed by atoms with Gasteiger partial charge in [0.1, 0.15) is 5.60 Å². The molecule has 110 valence electrons. The van der Waals surface area contributed by atoms with Crippen molar-refractivity contribution in [3.05, 3.63) is 35.9 Å². The van der Waals surface area contributed by atoms with Crippen LogP contribution in [0.25, 0.3) is 0 Å². The molecule has 2 amide bonds. The highest BCUT2D eigenvalue weighted by atomic mass is 16.3. The second-order valence-electron chi connectivity index (χ2n) is 6.03. The highest BCUT2D eigenvalue weighted by molar-refractivity contribution is 6.35. The van der Waals surface area contributed by atoms with Gasteiger partial charge < -0.3 is 15.7 Å². The van der Waals surface area contributed by atoms with E-state index in [1.165, 1.54) is 0 Å². The molecule has 0 aliphatic heterocycles. The standard InChI is InChI=1S/C15H22N2O3/c1-14(2,3)17-13(19)12(18)16-10-15(4,20)11-8-6-5-7-9-11/h5-9,20H,10H2,1-4H3,(H,16,18)(H,17,19). The molecule has 1 aromatic carbocycles. The van der Waals surface area contributed by atoms with E-state index in [2.05, 4.69) is 10.6 Å². The first-order chi connectivity index (χ1) is 9.12. The van der Waals surface area contributed by atoms with Crippen molar-refractivity contribution in [3.8, 4) is 0 Å². The summed E-state index contributed by atoms with van der Waals surface area (Å²) in [6.07, 6.45) is 0. The van der Waals surface area contributed by atoms with Crippen molar-refractivity contribution < 1.29 is 14.7 Å². The van der Waals surface area contributed by atoms with Gasteiger partial charge in [-0.25, -0.2) is 0 Å². The lowest BCUT2D eigenvalue weighted by Gasteiger charge is -2.25. The predicted molar refractivity (Wildman–Crippen MR) is 76.9 cm³/mol. The summed E-state index contributed by atoms with van der Waals surface area (Å²) in [6, 6.07) is 8.98. The molecular weight excluding hydrogens is 256 g/mol. The maximum Gasteiger partial charge on any atom is 0.309 e. The third kappa shape index (κ3) is 5.01. The molecule has 0 heterocycles. The minimum absolute atomic E-state index is 0.0343. The molecule has 20 heavy (non-hydrogen) atoms. The summed E-state index contributed by atoms with van der Waals surface area (Å²) in [7, 11) is 0. The van der Waals surface area contributed by atoms with E-state index in [1.807, 2.05) is 6.07 Å². The summed E-state index contributed by atoms with van der Waals surface area (Å²) in [5.41, 5.74) is -1.02. The van der Waals surface area contributed by atoms with Crippen molar-refractivity contribution in [2.45, 2.75) is 38.8 Å². The van der Waals surface area contributed by atoms with E-state index in [-0.39, 0.29) is 6.54 Å². The Morgan fingerprint density at radius 3 is 2.10 bits per heavy atom. The van der Waals surface area contributed by atoms with Crippen LogP contribution in [0.1, 0.15) is 33.3 Å². The molecule has 0 radical (unpaired) electrons. The fourth-order valence-corrected chi connectivity index (χ4v) is 1.63. The van der Waals surface area contributed by atoms with Gasteiger partial charge in [-0.2, -0.15) is 0 Å². The van der Waals surface area contributed by atoms with E-state index in [9.17, 15) is 14.7 Å². The Morgan fingerprint density at radius 2 is 1.60 bits per heavy atom. The number of hydrogen-bond acceptors (Lipinski definition) is 3. The molecule has 5 heteroatoms. The van der Waals surface area contributed by atoms with Crippen molar-refractivity contribution >= 4 is 11.8 Å². The normalized spacial score (nSPS) is 14.2.